The van der Waals surface area contributed by atoms with Crippen LogP contribution in [-0.4, -0.2) is 34.8 Å². The molecule has 0 unspecified atom stereocenters. The number of aromatic nitrogens is 1. The van der Waals surface area contributed by atoms with Crippen molar-refractivity contribution >= 4 is 23.2 Å². The number of aryl methyl sites for hydroxylation is 1. The summed E-state index contributed by atoms with van der Waals surface area (Å²) in [5.74, 6) is 0.225. The molecule has 6 nitrogen and oxygen atoms in total. The zero-order valence-corrected chi connectivity index (χ0v) is 18.2. The van der Waals surface area contributed by atoms with E-state index >= 15 is 0 Å². The summed E-state index contributed by atoms with van der Waals surface area (Å²) in [6, 6.07) is 14.2. The highest BCUT2D eigenvalue weighted by molar-refractivity contribution is 7.09. The third-order valence-electron chi connectivity index (χ3n) is 5.09. The first-order chi connectivity index (χ1) is 15.1. The van der Waals surface area contributed by atoms with E-state index < -0.39 is 5.97 Å². The van der Waals surface area contributed by atoms with Crippen molar-refractivity contribution in [1.29, 1.82) is 0 Å². The van der Waals surface area contributed by atoms with Crippen LogP contribution in [0.2, 0.25) is 0 Å². The van der Waals surface area contributed by atoms with Gasteiger partial charge in [-0.3, -0.25) is 4.79 Å². The Bertz CT molecular complexity index is 1060. The number of esters is 1. The molecule has 3 aromatic rings. The number of benzene rings is 2. The zero-order valence-electron chi connectivity index (χ0n) is 17.4. The molecular formula is C24H24N2O4S. The lowest BCUT2D eigenvalue weighted by molar-refractivity contribution is 0.0471. The normalized spacial score (nSPS) is 13.3. The molecule has 4 rings (SSSR count). The van der Waals surface area contributed by atoms with Crippen LogP contribution in [0.25, 0.3) is 0 Å². The summed E-state index contributed by atoms with van der Waals surface area (Å²) in [5, 5.41) is 2.95. The maximum absolute atomic E-state index is 12.4. The smallest absolute Gasteiger partial charge is 0.338 e. The van der Waals surface area contributed by atoms with Crippen LogP contribution in [0, 0.1) is 6.92 Å². The summed E-state index contributed by atoms with van der Waals surface area (Å²) >= 11 is 1.57. The highest BCUT2D eigenvalue weighted by Crippen LogP contribution is 2.18. The van der Waals surface area contributed by atoms with Gasteiger partial charge in [0.05, 0.1) is 16.3 Å². The molecule has 0 aliphatic carbocycles. The quantitative estimate of drug-likeness (QED) is 0.506. The van der Waals surface area contributed by atoms with Crippen LogP contribution >= 0.6 is 11.3 Å². The van der Waals surface area contributed by atoms with E-state index in [-0.39, 0.29) is 12.5 Å². The molecule has 1 amide bonds. The molecule has 7 heteroatoms. The van der Waals surface area contributed by atoms with Crippen molar-refractivity contribution in [2.45, 2.75) is 33.0 Å². The minimum Gasteiger partial charge on any atom is -0.487 e. The lowest BCUT2D eigenvalue weighted by Gasteiger charge is -2.15. The standard InChI is InChI=1S/C24H24N2O4S/c1-17-25-21(16-31-17)15-29-22-6-4-5-20(13-22)24(28)30-14-18-7-9-19(10-8-18)23(27)26-11-2-3-12-26/h4-10,13,16H,2-3,11-12,14-15H2,1H3. The fraction of sp³-hybridized carbons (Fsp3) is 0.292. The van der Waals surface area contributed by atoms with Gasteiger partial charge >= 0.3 is 5.97 Å². The van der Waals surface area contributed by atoms with Gasteiger partial charge in [0.1, 0.15) is 19.0 Å². The van der Waals surface area contributed by atoms with Crippen molar-refractivity contribution in [2.24, 2.45) is 0 Å². The fourth-order valence-corrected chi connectivity index (χ4v) is 4.02. The Kier molecular flexibility index (Phi) is 6.62. The first-order valence-corrected chi connectivity index (χ1v) is 11.2. The molecule has 0 bridgehead atoms. The minimum absolute atomic E-state index is 0.0608. The van der Waals surface area contributed by atoms with E-state index in [1.165, 1.54) is 0 Å². The first-order valence-electron chi connectivity index (χ1n) is 10.3. The Hall–Kier alpha value is -3.19. The van der Waals surface area contributed by atoms with Gasteiger partial charge in [-0.1, -0.05) is 18.2 Å². The summed E-state index contributed by atoms with van der Waals surface area (Å²) in [6.45, 7) is 4.09. The lowest BCUT2D eigenvalue weighted by atomic mass is 10.1. The van der Waals surface area contributed by atoms with Gasteiger partial charge in [-0.05, 0) is 55.7 Å². The monoisotopic (exact) mass is 436 g/mol. The number of carbonyl (C=O) groups excluding carboxylic acids is 2. The van der Waals surface area contributed by atoms with Crippen LogP contribution in [0.15, 0.2) is 53.9 Å². The van der Waals surface area contributed by atoms with Gasteiger partial charge < -0.3 is 14.4 Å². The number of amides is 1. The highest BCUT2D eigenvalue weighted by Gasteiger charge is 2.19. The van der Waals surface area contributed by atoms with Crippen LogP contribution < -0.4 is 4.74 Å². The maximum atomic E-state index is 12.4. The fourth-order valence-electron chi connectivity index (χ4n) is 3.42. The van der Waals surface area contributed by atoms with Crippen molar-refractivity contribution in [3.8, 4) is 5.75 Å². The number of thiazole rings is 1. The number of likely N-dealkylation sites (tertiary alicyclic amines) is 1. The minimum atomic E-state index is -0.424. The lowest BCUT2D eigenvalue weighted by Crippen LogP contribution is -2.27. The van der Waals surface area contributed by atoms with E-state index in [1.807, 2.05) is 29.3 Å². The molecule has 1 saturated heterocycles. The van der Waals surface area contributed by atoms with Gasteiger partial charge in [-0.15, -0.1) is 11.3 Å². The van der Waals surface area contributed by atoms with Crippen molar-refractivity contribution in [3.63, 3.8) is 0 Å². The SMILES string of the molecule is Cc1nc(COc2cccc(C(=O)OCc3ccc(C(=O)N4CCCC4)cc3)c2)cs1. The van der Waals surface area contributed by atoms with Gasteiger partial charge in [-0.25, -0.2) is 9.78 Å². The summed E-state index contributed by atoms with van der Waals surface area (Å²) in [7, 11) is 0. The van der Waals surface area contributed by atoms with Gasteiger partial charge in [0.2, 0.25) is 0 Å². The van der Waals surface area contributed by atoms with Crippen LogP contribution in [-0.2, 0) is 18.0 Å². The van der Waals surface area contributed by atoms with Crippen LogP contribution in [0.3, 0.4) is 0 Å². The number of carbonyl (C=O) groups is 2. The predicted octanol–water partition coefficient (Wildman–Crippen LogP) is 4.62. The molecule has 2 heterocycles. The topological polar surface area (TPSA) is 68.7 Å². The van der Waals surface area contributed by atoms with Gasteiger partial charge in [-0.2, -0.15) is 0 Å². The molecule has 0 spiro atoms. The van der Waals surface area contributed by atoms with Crippen LogP contribution in [0.1, 0.15) is 49.8 Å². The summed E-state index contributed by atoms with van der Waals surface area (Å²) in [5.41, 5.74) is 2.78. The molecule has 0 N–H and O–H groups in total. The van der Waals surface area contributed by atoms with Crippen molar-refractivity contribution in [3.05, 3.63) is 81.3 Å². The summed E-state index contributed by atoms with van der Waals surface area (Å²) in [6.07, 6.45) is 2.13. The molecule has 1 aliphatic rings. The molecule has 0 radical (unpaired) electrons. The van der Waals surface area contributed by atoms with Crippen LogP contribution in [0.5, 0.6) is 5.75 Å². The average Bonchev–Trinajstić information content (AvgIpc) is 3.48. The molecule has 2 aromatic carbocycles. The van der Waals surface area contributed by atoms with E-state index in [0.717, 1.165) is 42.2 Å². The molecular weight excluding hydrogens is 412 g/mol. The predicted molar refractivity (Wildman–Crippen MR) is 118 cm³/mol. The second-order valence-electron chi connectivity index (χ2n) is 7.45. The number of rotatable bonds is 7. The number of hydrogen-bond acceptors (Lipinski definition) is 6. The van der Waals surface area contributed by atoms with E-state index in [2.05, 4.69) is 4.98 Å². The average molecular weight is 437 g/mol. The largest absolute Gasteiger partial charge is 0.487 e. The molecule has 0 atom stereocenters. The third kappa shape index (κ3) is 5.49. The Balaban J connectivity index is 1.30. The Labute approximate surface area is 185 Å². The molecule has 0 saturated carbocycles. The maximum Gasteiger partial charge on any atom is 0.338 e. The molecule has 1 aromatic heterocycles. The van der Waals surface area contributed by atoms with E-state index in [1.54, 1.807) is 47.7 Å². The Morgan fingerprint density at radius 2 is 1.81 bits per heavy atom. The van der Waals surface area contributed by atoms with E-state index in [0.29, 0.717) is 23.5 Å². The summed E-state index contributed by atoms with van der Waals surface area (Å²) in [4.78, 5) is 31.1. The van der Waals surface area contributed by atoms with Crippen molar-refractivity contribution < 1.29 is 19.1 Å². The second kappa shape index (κ2) is 9.75. The van der Waals surface area contributed by atoms with Gasteiger partial charge in [0.15, 0.2) is 0 Å². The molecule has 31 heavy (non-hydrogen) atoms. The zero-order chi connectivity index (χ0) is 21.6. The molecule has 160 valence electrons. The number of nitrogens with zero attached hydrogens (tertiary/aromatic N) is 2. The van der Waals surface area contributed by atoms with E-state index in [9.17, 15) is 9.59 Å². The summed E-state index contributed by atoms with van der Waals surface area (Å²) < 4.78 is 11.2. The van der Waals surface area contributed by atoms with Crippen LogP contribution in [0.4, 0.5) is 0 Å². The van der Waals surface area contributed by atoms with Gasteiger partial charge in [0.25, 0.3) is 5.91 Å². The molecule has 1 aliphatic heterocycles. The Morgan fingerprint density at radius 3 is 2.52 bits per heavy atom. The van der Waals surface area contributed by atoms with E-state index in [4.69, 9.17) is 9.47 Å². The number of hydrogen-bond donors (Lipinski definition) is 0. The van der Waals surface area contributed by atoms with Gasteiger partial charge in [0, 0.05) is 24.0 Å². The number of ether oxygens (including phenoxy) is 2. The molecule has 1 fully saturated rings. The first kappa shape index (κ1) is 21.1. The van der Waals surface area contributed by atoms with Crippen molar-refractivity contribution in [2.75, 3.05) is 13.1 Å². The third-order valence-corrected chi connectivity index (χ3v) is 5.91. The second-order valence-corrected chi connectivity index (χ2v) is 8.51. The highest BCUT2D eigenvalue weighted by atomic mass is 32.1. The van der Waals surface area contributed by atoms with Crippen molar-refractivity contribution in [1.82, 2.24) is 9.88 Å². The Morgan fingerprint density at radius 1 is 1.03 bits per heavy atom.